The van der Waals surface area contributed by atoms with Gasteiger partial charge in [0.25, 0.3) is 0 Å². The SMILES string of the molecule is CN1CC[C@@]2(CC[C@H](c3cc(-c4ccc(C(F)(F)F)cc4)c(F)cn3)N2)C1=O. The molecule has 2 fully saturated rings. The van der Waals surface area contributed by atoms with E-state index in [9.17, 15) is 22.4 Å². The van der Waals surface area contributed by atoms with Crippen LogP contribution in [-0.4, -0.2) is 34.9 Å². The van der Waals surface area contributed by atoms with Crippen LogP contribution >= 0.6 is 0 Å². The predicted octanol–water partition coefficient (Wildman–Crippen LogP) is 3.93. The summed E-state index contributed by atoms with van der Waals surface area (Å²) in [6, 6.07) is 5.73. The Morgan fingerprint density at radius 1 is 1.21 bits per heavy atom. The quantitative estimate of drug-likeness (QED) is 0.787. The minimum absolute atomic E-state index is 0.0556. The van der Waals surface area contributed by atoms with E-state index in [1.807, 2.05) is 0 Å². The second-order valence-corrected chi connectivity index (χ2v) is 7.46. The zero-order valence-corrected chi connectivity index (χ0v) is 15.2. The van der Waals surface area contributed by atoms with Crippen LogP contribution < -0.4 is 5.32 Å². The number of carbonyl (C=O) groups is 1. The summed E-state index contributed by atoms with van der Waals surface area (Å²) in [6.45, 7) is 0.687. The Morgan fingerprint density at radius 3 is 2.54 bits per heavy atom. The number of pyridine rings is 1. The number of nitrogens with one attached hydrogen (secondary N) is 1. The van der Waals surface area contributed by atoms with E-state index in [4.69, 9.17) is 0 Å². The summed E-state index contributed by atoms with van der Waals surface area (Å²) in [5.41, 5.74) is -0.260. The molecule has 2 aromatic rings. The van der Waals surface area contributed by atoms with Crippen molar-refractivity contribution < 1.29 is 22.4 Å². The zero-order chi connectivity index (χ0) is 20.1. The van der Waals surface area contributed by atoms with E-state index in [1.54, 1.807) is 18.0 Å². The molecule has 2 aliphatic rings. The highest BCUT2D eigenvalue weighted by Crippen LogP contribution is 2.39. The molecule has 0 unspecified atom stereocenters. The third kappa shape index (κ3) is 3.15. The van der Waals surface area contributed by atoms with Crippen LogP contribution in [0.5, 0.6) is 0 Å². The summed E-state index contributed by atoms with van der Waals surface area (Å²) in [4.78, 5) is 18.3. The van der Waals surface area contributed by atoms with E-state index in [0.29, 0.717) is 37.1 Å². The van der Waals surface area contributed by atoms with Crippen LogP contribution in [0.25, 0.3) is 11.1 Å². The summed E-state index contributed by atoms with van der Waals surface area (Å²) in [6.07, 6.45) is -1.28. The van der Waals surface area contributed by atoms with E-state index in [2.05, 4.69) is 10.3 Å². The Balaban J connectivity index is 1.61. The van der Waals surface area contributed by atoms with Crippen LogP contribution in [0, 0.1) is 5.82 Å². The van der Waals surface area contributed by atoms with Gasteiger partial charge in [0.15, 0.2) is 0 Å². The number of likely N-dealkylation sites (N-methyl/N-ethyl adjacent to an activating group) is 1. The van der Waals surface area contributed by atoms with Crippen molar-refractivity contribution in [3.63, 3.8) is 0 Å². The first-order chi connectivity index (χ1) is 13.2. The highest BCUT2D eigenvalue weighted by molar-refractivity contribution is 5.88. The van der Waals surface area contributed by atoms with Gasteiger partial charge in [0.05, 0.1) is 23.5 Å². The van der Waals surface area contributed by atoms with Crippen molar-refractivity contribution in [1.82, 2.24) is 15.2 Å². The maximum Gasteiger partial charge on any atom is 0.416 e. The van der Waals surface area contributed by atoms with E-state index >= 15 is 0 Å². The zero-order valence-electron chi connectivity index (χ0n) is 15.2. The molecule has 0 aliphatic carbocycles. The number of likely N-dealkylation sites (tertiary alicyclic amines) is 1. The van der Waals surface area contributed by atoms with Crippen LogP contribution in [0.2, 0.25) is 0 Å². The van der Waals surface area contributed by atoms with Gasteiger partial charge < -0.3 is 4.90 Å². The predicted molar refractivity (Wildman–Crippen MR) is 94.7 cm³/mol. The largest absolute Gasteiger partial charge is 0.416 e. The smallest absolute Gasteiger partial charge is 0.344 e. The Morgan fingerprint density at radius 2 is 1.93 bits per heavy atom. The average molecular weight is 393 g/mol. The van der Waals surface area contributed by atoms with Gasteiger partial charge in [-0.2, -0.15) is 13.2 Å². The molecular weight excluding hydrogens is 374 g/mol. The fraction of sp³-hybridized carbons (Fsp3) is 0.400. The molecule has 4 nitrogen and oxygen atoms in total. The molecule has 0 bridgehead atoms. The molecule has 8 heteroatoms. The first kappa shape index (κ1) is 18.9. The summed E-state index contributed by atoms with van der Waals surface area (Å²) in [5.74, 6) is -0.548. The Kier molecular flexibility index (Phi) is 4.41. The van der Waals surface area contributed by atoms with E-state index in [-0.39, 0.29) is 17.5 Å². The van der Waals surface area contributed by atoms with Crippen molar-refractivity contribution in [3.8, 4) is 11.1 Å². The van der Waals surface area contributed by atoms with E-state index < -0.39 is 23.1 Å². The normalized spacial score (nSPS) is 25.1. The molecule has 4 rings (SSSR count). The van der Waals surface area contributed by atoms with Gasteiger partial charge in [0, 0.05) is 19.2 Å². The number of hydrogen-bond donors (Lipinski definition) is 1. The Hall–Kier alpha value is -2.48. The molecule has 3 heterocycles. The van der Waals surface area contributed by atoms with Crippen LogP contribution in [0.3, 0.4) is 0 Å². The maximum absolute atomic E-state index is 14.3. The molecule has 0 saturated carbocycles. The Bertz CT molecular complexity index is 913. The summed E-state index contributed by atoms with van der Waals surface area (Å²) >= 11 is 0. The van der Waals surface area contributed by atoms with E-state index in [0.717, 1.165) is 18.3 Å². The van der Waals surface area contributed by atoms with E-state index in [1.165, 1.54) is 12.1 Å². The van der Waals surface area contributed by atoms with Crippen molar-refractivity contribution in [2.24, 2.45) is 0 Å². The van der Waals surface area contributed by atoms with Gasteiger partial charge in [0.2, 0.25) is 5.91 Å². The summed E-state index contributed by atoms with van der Waals surface area (Å²) in [7, 11) is 1.77. The number of hydrogen-bond acceptors (Lipinski definition) is 3. The second kappa shape index (κ2) is 6.55. The van der Waals surface area contributed by atoms with Crippen LogP contribution in [0.15, 0.2) is 36.5 Å². The van der Waals surface area contributed by atoms with Gasteiger partial charge in [-0.1, -0.05) is 12.1 Å². The monoisotopic (exact) mass is 393 g/mol. The lowest BCUT2D eigenvalue weighted by Gasteiger charge is -2.23. The number of carbonyl (C=O) groups excluding carboxylic acids is 1. The lowest BCUT2D eigenvalue weighted by Crippen LogP contribution is -2.47. The minimum Gasteiger partial charge on any atom is -0.344 e. The van der Waals surface area contributed by atoms with Gasteiger partial charge >= 0.3 is 6.18 Å². The van der Waals surface area contributed by atoms with Gasteiger partial charge in [-0.25, -0.2) is 4.39 Å². The number of benzene rings is 1. The molecule has 1 N–H and O–H groups in total. The molecule has 1 spiro atoms. The molecule has 2 atom stereocenters. The van der Waals surface area contributed by atoms with Crippen molar-refractivity contribution in [2.45, 2.75) is 37.0 Å². The third-order valence-electron chi connectivity index (χ3n) is 5.70. The number of nitrogens with zero attached hydrogens (tertiary/aromatic N) is 2. The number of aromatic nitrogens is 1. The fourth-order valence-electron chi connectivity index (χ4n) is 4.09. The standard InChI is InChI=1S/C20H19F4N3O/c1-27-9-8-19(18(27)28)7-6-16(26-19)17-10-14(15(21)11-25-17)12-2-4-13(5-3-12)20(22,23)24/h2-5,10-11,16,26H,6-9H2,1H3/t16-,19+/m1/s1. The molecule has 1 aromatic heterocycles. The number of alkyl halides is 3. The number of amides is 1. The highest BCUT2D eigenvalue weighted by atomic mass is 19.4. The van der Waals surface area contributed by atoms with Crippen LogP contribution in [0.1, 0.15) is 36.6 Å². The average Bonchev–Trinajstić information content (AvgIpc) is 3.22. The molecular formula is C20H19F4N3O. The number of halogens is 4. The van der Waals surface area contributed by atoms with Crippen LogP contribution in [-0.2, 0) is 11.0 Å². The van der Waals surface area contributed by atoms with Crippen molar-refractivity contribution in [2.75, 3.05) is 13.6 Å². The van der Waals surface area contributed by atoms with Gasteiger partial charge in [-0.3, -0.25) is 15.1 Å². The first-order valence-electron chi connectivity index (χ1n) is 9.06. The van der Waals surface area contributed by atoms with Crippen molar-refractivity contribution in [1.29, 1.82) is 0 Å². The molecule has 148 valence electrons. The highest BCUT2D eigenvalue weighted by Gasteiger charge is 2.50. The lowest BCUT2D eigenvalue weighted by molar-refractivity contribution is -0.137. The summed E-state index contributed by atoms with van der Waals surface area (Å²) in [5, 5.41) is 3.37. The molecule has 1 amide bonds. The molecule has 1 aromatic carbocycles. The first-order valence-corrected chi connectivity index (χ1v) is 9.06. The summed E-state index contributed by atoms with van der Waals surface area (Å²) < 4.78 is 52.6. The maximum atomic E-state index is 14.3. The second-order valence-electron chi connectivity index (χ2n) is 7.46. The Labute approximate surface area is 159 Å². The number of rotatable bonds is 2. The third-order valence-corrected chi connectivity index (χ3v) is 5.70. The van der Waals surface area contributed by atoms with Gasteiger partial charge in [0.1, 0.15) is 11.4 Å². The molecule has 2 aliphatic heterocycles. The van der Waals surface area contributed by atoms with Gasteiger partial charge in [-0.15, -0.1) is 0 Å². The molecule has 0 radical (unpaired) electrons. The lowest BCUT2D eigenvalue weighted by atomic mass is 9.96. The topological polar surface area (TPSA) is 45.2 Å². The van der Waals surface area contributed by atoms with Crippen molar-refractivity contribution in [3.05, 3.63) is 53.6 Å². The molecule has 28 heavy (non-hydrogen) atoms. The van der Waals surface area contributed by atoms with Crippen LogP contribution in [0.4, 0.5) is 17.6 Å². The minimum atomic E-state index is -4.44. The van der Waals surface area contributed by atoms with Gasteiger partial charge in [-0.05, 0) is 43.0 Å². The fourth-order valence-corrected chi connectivity index (χ4v) is 4.09. The molecule has 2 saturated heterocycles. The van der Waals surface area contributed by atoms with Crippen molar-refractivity contribution >= 4 is 5.91 Å².